The molecule has 0 atom stereocenters. The first kappa shape index (κ1) is 10.7. The monoisotopic (exact) mass is 195 g/mol. The van der Waals surface area contributed by atoms with E-state index in [2.05, 4.69) is 37.4 Å². The molecular formula is C6H18ClNSi2. The second-order valence-corrected chi connectivity index (χ2v) is 14.7. The molecule has 0 aliphatic rings. The molecule has 0 unspecified atom stereocenters. The maximum absolute atomic E-state index is 5.82. The van der Waals surface area contributed by atoms with Crippen LogP contribution in [-0.2, 0) is 0 Å². The van der Waals surface area contributed by atoms with Gasteiger partial charge in [0.15, 0.2) is 0 Å². The Morgan fingerprint density at radius 2 is 1.50 bits per heavy atom. The SMILES string of the molecule is C[Si](C)(C)N[Si](C)(C)CCl. The van der Waals surface area contributed by atoms with Gasteiger partial charge >= 0.3 is 0 Å². The second kappa shape index (κ2) is 3.39. The number of nitrogens with one attached hydrogen (secondary N) is 1. The third-order valence-electron chi connectivity index (χ3n) is 1.05. The molecule has 4 heteroatoms. The van der Waals surface area contributed by atoms with E-state index in [1.165, 1.54) is 0 Å². The van der Waals surface area contributed by atoms with Crippen LogP contribution in [0.4, 0.5) is 0 Å². The molecular weight excluding hydrogens is 178 g/mol. The van der Waals surface area contributed by atoms with Gasteiger partial charge in [-0.3, -0.25) is 0 Å². The van der Waals surface area contributed by atoms with Gasteiger partial charge in [0.1, 0.15) is 16.5 Å². The average molecular weight is 196 g/mol. The van der Waals surface area contributed by atoms with Gasteiger partial charge in [-0.15, -0.1) is 11.6 Å². The van der Waals surface area contributed by atoms with E-state index in [0.29, 0.717) is 0 Å². The molecule has 0 radical (unpaired) electrons. The minimum absolute atomic E-state index is 0.817. The summed E-state index contributed by atoms with van der Waals surface area (Å²) in [5, 5.41) is 0. The molecule has 62 valence electrons. The van der Waals surface area contributed by atoms with Gasteiger partial charge in [0, 0.05) is 5.50 Å². The second-order valence-electron chi connectivity index (χ2n) is 4.39. The summed E-state index contributed by atoms with van der Waals surface area (Å²) in [6.07, 6.45) is 0. The number of hydrogen-bond donors (Lipinski definition) is 1. The van der Waals surface area contributed by atoms with Gasteiger partial charge in [0.2, 0.25) is 0 Å². The van der Waals surface area contributed by atoms with Crippen molar-refractivity contribution in [3.63, 3.8) is 0 Å². The van der Waals surface area contributed by atoms with Crippen LogP contribution in [0, 0.1) is 0 Å². The van der Waals surface area contributed by atoms with E-state index in [-0.39, 0.29) is 0 Å². The molecule has 0 saturated heterocycles. The molecule has 0 heterocycles. The third-order valence-corrected chi connectivity index (χ3v) is 9.43. The Bertz CT molecular complexity index is 109. The number of hydrogen-bond acceptors (Lipinski definition) is 1. The summed E-state index contributed by atoms with van der Waals surface area (Å²) in [5.74, 6) is 0. The molecule has 1 nitrogen and oxygen atoms in total. The van der Waals surface area contributed by atoms with E-state index in [1.807, 2.05) is 0 Å². The number of alkyl halides is 1. The molecule has 0 rings (SSSR count). The summed E-state index contributed by atoms with van der Waals surface area (Å²) in [4.78, 5) is 0. The van der Waals surface area contributed by atoms with Crippen molar-refractivity contribution in [2.24, 2.45) is 0 Å². The summed E-state index contributed by atoms with van der Waals surface area (Å²) < 4.78 is 3.69. The molecule has 0 fully saturated rings. The maximum Gasteiger partial charge on any atom is 0.127 e. The molecule has 0 aromatic carbocycles. The number of halogens is 1. The zero-order valence-electron chi connectivity index (χ0n) is 7.59. The fourth-order valence-electron chi connectivity index (χ4n) is 1.05. The van der Waals surface area contributed by atoms with Crippen LogP contribution in [0.3, 0.4) is 0 Å². The molecule has 0 aliphatic heterocycles. The summed E-state index contributed by atoms with van der Waals surface area (Å²) in [6.45, 7) is 11.5. The topological polar surface area (TPSA) is 12.0 Å². The number of rotatable bonds is 3. The fraction of sp³-hybridized carbons (Fsp3) is 1.00. The van der Waals surface area contributed by atoms with Gasteiger partial charge in [-0.2, -0.15) is 0 Å². The largest absolute Gasteiger partial charge is 0.359 e. The van der Waals surface area contributed by atoms with Crippen LogP contribution in [0.2, 0.25) is 32.7 Å². The first-order valence-electron chi connectivity index (χ1n) is 3.62. The van der Waals surface area contributed by atoms with Crippen molar-refractivity contribution in [1.82, 2.24) is 4.65 Å². The van der Waals surface area contributed by atoms with E-state index in [4.69, 9.17) is 11.6 Å². The Labute approximate surface area is 71.3 Å². The van der Waals surface area contributed by atoms with Crippen molar-refractivity contribution in [3.05, 3.63) is 0 Å². The van der Waals surface area contributed by atoms with Gasteiger partial charge in [-0.1, -0.05) is 32.7 Å². The summed E-state index contributed by atoms with van der Waals surface area (Å²) in [7, 11) is -2.32. The van der Waals surface area contributed by atoms with E-state index >= 15 is 0 Å². The lowest BCUT2D eigenvalue weighted by atomic mass is 11.8. The first-order chi connectivity index (χ1) is 4.27. The minimum Gasteiger partial charge on any atom is -0.359 e. The van der Waals surface area contributed by atoms with Gasteiger partial charge in [-0.25, -0.2) is 0 Å². The summed E-state index contributed by atoms with van der Waals surface area (Å²) in [6, 6.07) is 0. The van der Waals surface area contributed by atoms with Gasteiger partial charge < -0.3 is 4.65 Å². The highest BCUT2D eigenvalue weighted by molar-refractivity contribution is 6.93. The normalized spacial score (nSPS) is 13.8. The van der Waals surface area contributed by atoms with Crippen molar-refractivity contribution in [2.75, 3.05) is 5.50 Å². The molecule has 0 saturated carbocycles. The van der Waals surface area contributed by atoms with Crippen molar-refractivity contribution < 1.29 is 0 Å². The molecule has 10 heavy (non-hydrogen) atoms. The summed E-state index contributed by atoms with van der Waals surface area (Å²) in [5.41, 5.74) is 0.817. The highest BCUT2D eigenvalue weighted by Gasteiger charge is 2.26. The lowest BCUT2D eigenvalue weighted by Crippen LogP contribution is -2.58. The van der Waals surface area contributed by atoms with Crippen LogP contribution in [0.5, 0.6) is 0 Å². The first-order valence-corrected chi connectivity index (χ1v) is 10.9. The Kier molecular flexibility index (Phi) is 3.62. The Balaban J connectivity index is 3.89. The Hall–Kier alpha value is 0.684. The van der Waals surface area contributed by atoms with Crippen molar-refractivity contribution >= 4 is 28.1 Å². The van der Waals surface area contributed by atoms with E-state index in [9.17, 15) is 0 Å². The van der Waals surface area contributed by atoms with E-state index in [0.717, 1.165) is 5.50 Å². The quantitative estimate of drug-likeness (QED) is 0.539. The van der Waals surface area contributed by atoms with Crippen LogP contribution in [0.15, 0.2) is 0 Å². The highest BCUT2D eigenvalue weighted by atomic mass is 35.5. The fourth-order valence-corrected chi connectivity index (χ4v) is 10.0. The molecule has 0 aliphatic carbocycles. The van der Waals surface area contributed by atoms with Gasteiger partial charge in [0.05, 0.1) is 0 Å². The Morgan fingerprint density at radius 3 is 1.60 bits per heavy atom. The van der Waals surface area contributed by atoms with E-state index < -0.39 is 16.5 Å². The molecule has 0 amide bonds. The minimum atomic E-state index is -1.24. The standard InChI is InChI=1S/C6H18ClNSi2/c1-9(2,3)8-10(4,5)6-7/h8H,6H2,1-5H3. The average Bonchev–Trinajstić information content (AvgIpc) is 1.60. The lowest BCUT2D eigenvalue weighted by Gasteiger charge is -2.30. The van der Waals surface area contributed by atoms with Crippen LogP contribution in [0.25, 0.3) is 0 Å². The predicted molar refractivity (Wildman–Crippen MR) is 54.7 cm³/mol. The Morgan fingerprint density at radius 1 is 1.10 bits per heavy atom. The van der Waals surface area contributed by atoms with E-state index in [1.54, 1.807) is 0 Å². The molecule has 0 aromatic rings. The molecule has 0 aromatic heterocycles. The lowest BCUT2D eigenvalue weighted by molar-refractivity contribution is 1.30. The van der Waals surface area contributed by atoms with Crippen LogP contribution in [-0.4, -0.2) is 22.0 Å². The van der Waals surface area contributed by atoms with Crippen molar-refractivity contribution in [1.29, 1.82) is 0 Å². The molecule has 1 N–H and O–H groups in total. The smallest absolute Gasteiger partial charge is 0.127 e. The highest BCUT2D eigenvalue weighted by Crippen LogP contribution is 2.05. The van der Waals surface area contributed by atoms with Crippen molar-refractivity contribution in [3.8, 4) is 0 Å². The van der Waals surface area contributed by atoms with Crippen LogP contribution < -0.4 is 4.65 Å². The van der Waals surface area contributed by atoms with Crippen LogP contribution >= 0.6 is 11.6 Å². The zero-order chi connectivity index (χ0) is 8.41. The third kappa shape index (κ3) is 5.47. The predicted octanol–water partition coefficient (Wildman–Crippen LogP) is 2.39. The van der Waals surface area contributed by atoms with Gasteiger partial charge in [0.25, 0.3) is 0 Å². The maximum atomic E-state index is 5.82. The van der Waals surface area contributed by atoms with Crippen molar-refractivity contribution in [2.45, 2.75) is 32.7 Å². The zero-order valence-corrected chi connectivity index (χ0v) is 10.3. The molecule has 0 bridgehead atoms. The molecule has 0 spiro atoms. The van der Waals surface area contributed by atoms with Crippen LogP contribution in [0.1, 0.15) is 0 Å². The van der Waals surface area contributed by atoms with Gasteiger partial charge in [-0.05, 0) is 0 Å². The summed E-state index contributed by atoms with van der Waals surface area (Å²) >= 11 is 5.82.